The van der Waals surface area contributed by atoms with Crippen molar-refractivity contribution in [2.24, 2.45) is 5.73 Å². The molecule has 19 heavy (non-hydrogen) atoms. The summed E-state index contributed by atoms with van der Waals surface area (Å²) in [4.78, 5) is 2.20. The Balaban J connectivity index is 2.68. The second-order valence-electron chi connectivity index (χ2n) is 5.25. The summed E-state index contributed by atoms with van der Waals surface area (Å²) in [5.74, 6) is -0.133. The summed E-state index contributed by atoms with van der Waals surface area (Å²) >= 11 is 0. The lowest BCUT2D eigenvalue weighted by atomic mass is 10.0. The van der Waals surface area contributed by atoms with Crippen molar-refractivity contribution < 1.29 is 4.39 Å². The van der Waals surface area contributed by atoms with Gasteiger partial charge in [-0.2, -0.15) is 0 Å². The molecular formula is C16H27FN2. The average Bonchev–Trinajstić information content (AvgIpc) is 2.43. The number of hydrogen-bond acceptors (Lipinski definition) is 2. The number of rotatable bonds is 8. The largest absolute Gasteiger partial charge is 0.329 e. The summed E-state index contributed by atoms with van der Waals surface area (Å²) in [5.41, 5.74) is 6.62. The fourth-order valence-electron chi connectivity index (χ4n) is 2.47. The van der Waals surface area contributed by atoms with Crippen LogP contribution < -0.4 is 5.73 Å². The topological polar surface area (TPSA) is 29.3 Å². The van der Waals surface area contributed by atoms with Gasteiger partial charge in [-0.3, -0.25) is 4.90 Å². The molecule has 0 saturated carbocycles. The van der Waals surface area contributed by atoms with Crippen LogP contribution in [0.3, 0.4) is 0 Å². The number of unbranched alkanes of at least 4 members (excludes halogenated alkanes) is 2. The molecule has 2 N–H and O–H groups in total. The van der Waals surface area contributed by atoms with Crippen LogP contribution in [0.15, 0.2) is 24.3 Å². The van der Waals surface area contributed by atoms with Crippen LogP contribution in [0.4, 0.5) is 4.39 Å². The van der Waals surface area contributed by atoms with Crippen molar-refractivity contribution in [2.45, 2.75) is 51.6 Å². The van der Waals surface area contributed by atoms with Gasteiger partial charge in [0.25, 0.3) is 0 Å². The van der Waals surface area contributed by atoms with Crippen LogP contribution in [0.25, 0.3) is 0 Å². The van der Waals surface area contributed by atoms with Gasteiger partial charge >= 0.3 is 0 Å². The van der Waals surface area contributed by atoms with E-state index in [9.17, 15) is 4.39 Å². The van der Waals surface area contributed by atoms with E-state index in [2.05, 4.69) is 11.8 Å². The van der Waals surface area contributed by atoms with Crippen LogP contribution in [0, 0.1) is 5.82 Å². The zero-order valence-corrected chi connectivity index (χ0v) is 12.4. The number of hydrogen-bond donors (Lipinski definition) is 1. The van der Waals surface area contributed by atoms with Crippen molar-refractivity contribution in [2.75, 3.05) is 13.6 Å². The van der Waals surface area contributed by atoms with Crippen molar-refractivity contribution in [3.8, 4) is 0 Å². The summed E-state index contributed by atoms with van der Waals surface area (Å²) in [6.45, 7) is 4.86. The fraction of sp³-hybridized carbons (Fsp3) is 0.625. The highest BCUT2D eigenvalue weighted by Crippen LogP contribution is 2.24. The summed E-state index contributed by atoms with van der Waals surface area (Å²) < 4.78 is 13.8. The molecule has 0 heterocycles. The van der Waals surface area contributed by atoms with Gasteiger partial charge in [-0.1, -0.05) is 44.4 Å². The summed E-state index contributed by atoms with van der Waals surface area (Å²) in [6, 6.07) is 7.37. The van der Waals surface area contributed by atoms with E-state index in [0.29, 0.717) is 12.6 Å². The summed E-state index contributed by atoms with van der Waals surface area (Å²) in [6.07, 6.45) is 4.72. The monoisotopic (exact) mass is 266 g/mol. The first kappa shape index (κ1) is 16.1. The lowest BCUT2D eigenvalue weighted by Crippen LogP contribution is -2.39. The van der Waals surface area contributed by atoms with E-state index >= 15 is 0 Å². The van der Waals surface area contributed by atoms with Gasteiger partial charge in [0.1, 0.15) is 5.82 Å². The maximum Gasteiger partial charge on any atom is 0.127 e. The molecule has 2 unspecified atom stereocenters. The Morgan fingerprint density at radius 1 is 1.26 bits per heavy atom. The van der Waals surface area contributed by atoms with Gasteiger partial charge in [0.05, 0.1) is 0 Å². The van der Waals surface area contributed by atoms with Gasteiger partial charge in [-0.25, -0.2) is 4.39 Å². The van der Waals surface area contributed by atoms with Crippen LogP contribution in [-0.2, 0) is 0 Å². The van der Waals surface area contributed by atoms with Gasteiger partial charge in [0.15, 0.2) is 0 Å². The number of likely N-dealkylation sites (N-methyl/N-ethyl adjacent to an activating group) is 1. The third kappa shape index (κ3) is 4.59. The van der Waals surface area contributed by atoms with E-state index in [1.165, 1.54) is 25.3 Å². The van der Waals surface area contributed by atoms with Gasteiger partial charge in [-0.15, -0.1) is 0 Å². The number of halogens is 1. The van der Waals surface area contributed by atoms with Crippen molar-refractivity contribution in [3.05, 3.63) is 35.6 Å². The molecule has 0 aliphatic heterocycles. The standard InChI is InChI=1S/C16H27FN2/c1-4-5-6-9-14(12-18)19(3)13(2)15-10-7-8-11-16(15)17/h7-8,10-11,13-14H,4-6,9,12,18H2,1-3H3. The van der Waals surface area contributed by atoms with Gasteiger partial charge in [0.2, 0.25) is 0 Å². The van der Waals surface area contributed by atoms with Crippen LogP contribution >= 0.6 is 0 Å². The molecule has 1 aromatic carbocycles. The highest BCUT2D eigenvalue weighted by molar-refractivity contribution is 5.20. The minimum atomic E-state index is -0.133. The Morgan fingerprint density at radius 3 is 2.53 bits per heavy atom. The predicted octanol–water partition coefficient (Wildman–Crippen LogP) is 3.73. The van der Waals surface area contributed by atoms with Crippen molar-refractivity contribution in [1.82, 2.24) is 4.90 Å². The molecule has 1 rings (SSSR count). The first-order valence-corrected chi connectivity index (χ1v) is 7.28. The van der Waals surface area contributed by atoms with E-state index in [4.69, 9.17) is 5.73 Å². The predicted molar refractivity (Wildman–Crippen MR) is 79.6 cm³/mol. The van der Waals surface area contributed by atoms with Gasteiger partial charge < -0.3 is 5.73 Å². The molecule has 0 aromatic heterocycles. The second kappa shape index (κ2) is 8.28. The first-order valence-electron chi connectivity index (χ1n) is 7.28. The summed E-state index contributed by atoms with van der Waals surface area (Å²) in [7, 11) is 2.04. The van der Waals surface area contributed by atoms with Gasteiger partial charge in [0, 0.05) is 24.2 Å². The molecule has 0 fully saturated rings. The highest BCUT2D eigenvalue weighted by atomic mass is 19.1. The molecule has 2 nitrogen and oxygen atoms in total. The van der Waals surface area contributed by atoms with Crippen molar-refractivity contribution in [3.63, 3.8) is 0 Å². The van der Waals surface area contributed by atoms with Gasteiger partial charge in [-0.05, 0) is 26.5 Å². The molecule has 0 saturated heterocycles. The molecule has 0 spiro atoms. The molecule has 1 aromatic rings. The van der Waals surface area contributed by atoms with Crippen LogP contribution in [0.5, 0.6) is 0 Å². The second-order valence-corrected chi connectivity index (χ2v) is 5.25. The molecule has 108 valence electrons. The lowest BCUT2D eigenvalue weighted by Gasteiger charge is -2.33. The molecule has 3 heteroatoms. The molecule has 0 aliphatic rings. The number of nitrogens with two attached hydrogens (primary N) is 1. The van der Waals surface area contributed by atoms with Crippen LogP contribution in [-0.4, -0.2) is 24.5 Å². The maximum absolute atomic E-state index is 13.8. The van der Waals surface area contributed by atoms with Crippen LogP contribution in [0.2, 0.25) is 0 Å². The summed E-state index contributed by atoms with van der Waals surface area (Å²) in [5, 5.41) is 0. The maximum atomic E-state index is 13.8. The normalized spacial score (nSPS) is 14.6. The molecular weight excluding hydrogens is 239 g/mol. The third-order valence-corrected chi connectivity index (χ3v) is 3.96. The minimum absolute atomic E-state index is 0.0522. The highest BCUT2D eigenvalue weighted by Gasteiger charge is 2.21. The lowest BCUT2D eigenvalue weighted by molar-refractivity contribution is 0.174. The molecule has 0 amide bonds. The zero-order chi connectivity index (χ0) is 14.3. The van der Waals surface area contributed by atoms with E-state index in [1.54, 1.807) is 6.07 Å². The Morgan fingerprint density at radius 2 is 1.95 bits per heavy atom. The molecule has 0 radical (unpaired) electrons. The molecule has 0 bridgehead atoms. The Hall–Kier alpha value is -0.930. The van der Waals surface area contributed by atoms with E-state index < -0.39 is 0 Å². The van der Waals surface area contributed by atoms with Crippen molar-refractivity contribution >= 4 is 0 Å². The number of nitrogens with zero attached hydrogens (tertiary/aromatic N) is 1. The quantitative estimate of drug-likeness (QED) is 0.726. The van der Waals surface area contributed by atoms with E-state index in [1.807, 2.05) is 26.1 Å². The zero-order valence-electron chi connectivity index (χ0n) is 12.4. The Bertz CT molecular complexity index is 368. The molecule has 2 atom stereocenters. The number of benzene rings is 1. The third-order valence-electron chi connectivity index (χ3n) is 3.96. The Labute approximate surface area is 116 Å². The minimum Gasteiger partial charge on any atom is -0.329 e. The molecule has 0 aliphatic carbocycles. The van der Waals surface area contributed by atoms with Crippen LogP contribution in [0.1, 0.15) is 51.1 Å². The fourth-order valence-corrected chi connectivity index (χ4v) is 2.47. The Kier molecular flexibility index (Phi) is 7.03. The SMILES string of the molecule is CCCCCC(CN)N(C)C(C)c1ccccc1F. The smallest absolute Gasteiger partial charge is 0.127 e. The van der Waals surface area contributed by atoms with E-state index in [-0.39, 0.29) is 11.9 Å². The first-order chi connectivity index (χ1) is 9.11. The van der Waals surface area contributed by atoms with E-state index in [0.717, 1.165) is 12.0 Å². The average molecular weight is 266 g/mol. The van der Waals surface area contributed by atoms with Crippen molar-refractivity contribution in [1.29, 1.82) is 0 Å².